The molecule has 4 atom stereocenters. The van der Waals surface area contributed by atoms with Crippen LogP contribution in [0.25, 0.3) is 28.1 Å². The van der Waals surface area contributed by atoms with Crippen LogP contribution in [0.4, 0.5) is 5.82 Å². The number of ether oxygens (including phenoxy) is 1. The smallest absolute Gasteiger partial charge is 0.254 e. The zero-order valence-corrected chi connectivity index (χ0v) is 25.4. The van der Waals surface area contributed by atoms with E-state index in [1.165, 1.54) is 25.7 Å². The molecule has 3 aliphatic heterocycles. The molecule has 0 spiro atoms. The molecule has 10 heteroatoms. The minimum absolute atomic E-state index is 0.0304. The molecule has 1 saturated carbocycles. The molecule has 4 aromatic rings. The zero-order valence-electron chi connectivity index (χ0n) is 24.6. The van der Waals surface area contributed by atoms with E-state index in [-0.39, 0.29) is 24.0 Å². The molecule has 2 N–H and O–H groups in total. The van der Waals surface area contributed by atoms with Gasteiger partial charge in [-0.05, 0) is 101 Å². The van der Waals surface area contributed by atoms with Gasteiger partial charge in [-0.25, -0.2) is 9.97 Å². The van der Waals surface area contributed by atoms with Gasteiger partial charge in [0, 0.05) is 53.5 Å². The van der Waals surface area contributed by atoms with Crippen LogP contribution in [0.2, 0.25) is 0 Å². The van der Waals surface area contributed by atoms with E-state index in [0.717, 1.165) is 71.1 Å². The minimum atomic E-state index is 0.0304. The summed E-state index contributed by atoms with van der Waals surface area (Å²) in [4.78, 5) is 26.2. The third-order valence-corrected chi connectivity index (χ3v) is 11.2. The number of imidazole rings is 1. The average molecular weight is 586 g/mol. The number of methoxy groups -OCH3 is 1. The van der Waals surface area contributed by atoms with Crippen LogP contribution in [0.3, 0.4) is 0 Å². The highest BCUT2D eigenvalue weighted by atomic mass is 32.2. The Morgan fingerprint density at radius 2 is 1.98 bits per heavy atom. The molecule has 1 aliphatic carbocycles. The van der Waals surface area contributed by atoms with Crippen LogP contribution in [0.5, 0.6) is 5.88 Å². The fourth-order valence-corrected chi connectivity index (χ4v) is 8.64. The lowest BCUT2D eigenvalue weighted by atomic mass is 9.97. The number of rotatable bonds is 6. The van der Waals surface area contributed by atoms with Crippen LogP contribution < -0.4 is 14.8 Å². The van der Waals surface area contributed by atoms with Gasteiger partial charge in [-0.3, -0.25) is 13.5 Å². The van der Waals surface area contributed by atoms with Crippen molar-refractivity contribution in [3.63, 3.8) is 0 Å². The summed E-state index contributed by atoms with van der Waals surface area (Å²) in [5.74, 6) is 3.49. The van der Waals surface area contributed by atoms with Gasteiger partial charge in [0.05, 0.1) is 18.5 Å². The number of pyridine rings is 2. The Hall–Kier alpha value is -3.24. The molecule has 2 bridgehead atoms. The lowest BCUT2D eigenvalue weighted by Crippen LogP contribution is -2.40. The largest absolute Gasteiger partial charge is 0.482 e. The van der Waals surface area contributed by atoms with E-state index in [4.69, 9.17) is 20.4 Å². The van der Waals surface area contributed by atoms with Gasteiger partial charge in [-0.2, -0.15) is 0 Å². The Morgan fingerprint density at radius 3 is 2.69 bits per heavy atom. The van der Waals surface area contributed by atoms with Crippen molar-refractivity contribution >= 4 is 40.4 Å². The van der Waals surface area contributed by atoms with E-state index < -0.39 is 0 Å². The first-order valence-electron chi connectivity index (χ1n) is 15.5. The molecule has 0 aromatic carbocycles. The van der Waals surface area contributed by atoms with Crippen molar-refractivity contribution in [1.29, 1.82) is 0 Å². The predicted octanol–water partition coefficient (Wildman–Crippen LogP) is 5.42. The summed E-state index contributed by atoms with van der Waals surface area (Å²) in [7, 11) is 1.66. The fraction of sp³-hybridized carbons (Fsp3) is 0.531. The van der Waals surface area contributed by atoms with E-state index >= 15 is 0 Å². The van der Waals surface area contributed by atoms with Gasteiger partial charge in [-0.1, -0.05) is 0 Å². The van der Waals surface area contributed by atoms with Crippen molar-refractivity contribution < 1.29 is 9.53 Å². The number of nitrogens with zero attached hydrogens (tertiary/aromatic N) is 6. The number of aryl methyl sites for hydroxylation is 1. The summed E-state index contributed by atoms with van der Waals surface area (Å²) < 4.78 is 12.7. The van der Waals surface area contributed by atoms with Crippen LogP contribution in [-0.2, 0) is 6.54 Å². The van der Waals surface area contributed by atoms with Crippen molar-refractivity contribution in [2.75, 3.05) is 17.2 Å². The first kappa shape index (κ1) is 26.4. The zero-order chi connectivity index (χ0) is 28.7. The molecule has 42 heavy (non-hydrogen) atoms. The van der Waals surface area contributed by atoms with E-state index in [0.29, 0.717) is 23.4 Å². The second-order valence-corrected chi connectivity index (χ2v) is 13.8. The summed E-state index contributed by atoms with van der Waals surface area (Å²) in [5.41, 5.74) is 11.7. The standard InChI is InChI=1S/C32H39N7O2S/c1-18-5-4-12-42-39(18)27-11-8-21-13-26(36(31(21)35-27)17-20-6-7-20)30-19(2)37-28(34-30)14-22(15-29(37)41-3)32(40)38-23-9-10-25(38)24(33)16-23/h8,11,13-15,18,20,23-25H,4-7,9-10,12,16-17,33H2,1-3H3/t18-,23-,24+,25+/m0/s1. The number of nitrogens with two attached hydrogens (primary N) is 1. The Balaban J connectivity index is 1.23. The summed E-state index contributed by atoms with van der Waals surface area (Å²) in [6, 6.07) is 11.3. The van der Waals surface area contributed by atoms with Crippen molar-refractivity contribution in [3.8, 4) is 17.3 Å². The van der Waals surface area contributed by atoms with Gasteiger partial charge in [-0.15, -0.1) is 0 Å². The number of hydrogen-bond donors (Lipinski definition) is 1. The second kappa shape index (κ2) is 9.91. The molecule has 4 fully saturated rings. The van der Waals surface area contributed by atoms with E-state index in [9.17, 15) is 4.79 Å². The van der Waals surface area contributed by atoms with Crippen LogP contribution in [-0.4, -0.2) is 66.8 Å². The number of hydrogen-bond acceptors (Lipinski definition) is 7. The SMILES string of the molecule is COc1cc(C(=O)N2[C@H]3CC[C@@H]2[C@H](N)C3)cc2nc(-c3cc4ccc(N5SCCC[C@@H]5C)nc4n3CC3CC3)c(C)n12. The predicted molar refractivity (Wildman–Crippen MR) is 167 cm³/mol. The lowest BCUT2D eigenvalue weighted by molar-refractivity contribution is 0.0726. The molecular formula is C32H39N7O2S. The number of carbonyl (C=O) groups is 1. The van der Waals surface area contributed by atoms with Crippen molar-refractivity contribution in [2.24, 2.45) is 11.7 Å². The van der Waals surface area contributed by atoms with Gasteiger partial charge in [0.2, 0.25) is 0 Å². The number of anilines is 1. The molecule has 220 valence electrons. The summed E-state index contributed by atoms with van der Waals surface area (Å²) in [5, 5.41) is 1.13. The summed E-state index contributed by atoms with van der Waals surface area (Å²) in [6.45, 7) is 5.31. The van der Waals surface area contributed by atoms with E-state index in [1.54, 1.807) is 7.11 Å². The van der Waals surface area contributed by atoms with Gasteiger partial charge in [0.25, 0.3) is 5.91 Å². The van der Waals surface area contributed by atoms with Crippen molar-refractivity contribution in [3.05, 3.63) is 41.6 Å². The number of aromatic nitrogens is 4. The molecule has 3 saturated heterocycles. The third-order valence-electron chi connectivity index (χ3n) is 9.93. The Labute approximate surface area is 250 Å². The third kappa shape index (κ3) is 4.12. The van der Waals surface area contributed by atoms with E-state index in [1.807, 2.05) is 33.4 Å². The molecular weight excluding hydrogens is 546 g/mol. The maximum absolute atomic E-state index is 13.8. The quantitative estimate of drug-likeness (QED) is 0.302. The molecule has 1 amide bonds. The Kier molecular flexibility index (Phi) is 6.23. The van der Waals surface area contributed by atoms with Gasteiger partial charge in [0.1, 0.15) is 22.8 Å². The van der Waals surface area contributed by atoms with Crippen LogP contribution in [0, 0.1) is 12.8 Å². The fourth-order valence-electron chi connectivity index (χ4n) is 7.55. The molecule has 7 heterocycles. The van der Waals surface area contributed by atoms with Gasteiger partial charge < -0.3 is 19.9 Å². The normalized spacial score (nSPS) is 25.7. The highest BCUT2D eigenvalue weighted by Gasteiger charge is 2.47. The topological polar surface area (TPSA) is 93.9 Å². The average Bonchev–Trinajstić information content (AvgIpc) is 3.32. The maximum atomic E-state index is 13.8. The molecule has 4 aromatic heterocycles. The summed E-state index contributed by atoms with van der Waals surface area (Å²) in [6.07, 6.45) is 7.86. The van der Waals surface area contributed by atoms with E-state index in [2.05, 4.69) is 40.9 Å². The molecule has 9 nitrogen and oxygen atoms in total. The monoisotopic (exact) mass is 585 g/mol. The van der Waals surface area contributed by atoms with Crippen LogP contribution >= 0.6 is 11.9 Å². The first-order chi connectivity index (χ1) is 20.4. The molecule has 8 rings (SSSR count). The number of amides is 1. The summed E-state index contributed by atoms with van der Waals surface area (Å²) >= 11 is 1.89. The first-order valence-corrected chi connectivity index (χ1v) is 16.4. The Bertz CT molecular complexity index is 1710. The molecule has 0 unspecified atom stereocenters. The Morgan fingerprint density at radius 1 is 1.12 bits per heavy atom. The van der Waals surface area contributed by atoms with Crippen LogP contribution in [0.15, 0.2) is 30.3 Å². The molecule has 4 aliphatic rings. The highest BCUT2D eigenvalue weighted by molar-refractivity contribution is 8.00. The molecule has 0 radical (unpaired) electrons. The number of carbonyl (C=O) groups excluding carboxylic acids is 1. The van der Waals surface area contributed by atoms with Gasteiger partial charge in [0.15, 0.2) is 5.88 Å². The van der Waals surface area contributed by atoms with Crippen molar-refractivity contribution in [2.45, 2.75) is 89.5 Å². The van der Waals surface area contributed by atoms with Crippen molar-refractivity contribution in [1.82, 2.24) is 23.8 Å². The highest BCUT2D eigenvalue weighted by Crippen LogP contribution is 2.40. The number of fused-ring (bicyclic) bond motifs is 4. The van der Waals surface area contributed by atoms with Crippen LogP contribution in [0.1, 0.15) is 67.9 Å². The van der Waals surface area contributed by atoms with Gasteiger partial charge >= 0.3 is 0 Å². The lowest BCUT2D eigenvalue weighted by Gasteiger charge is -2.32. The second-order valence-electron chi connectivity index (χ2n) is 12.8. The maximum Gasteiger partial charge on any atom is 0.254 e. The minimum Gasteiger partial charge on any atom is -0.482 e.